The summed E-state index contributed by atoms with van der Waals surface area (Å²) >= 11 is 2.03. The Bertz CT molecular complexity index is 136. The maximum Gasteiger partial charge on any atom is 0.0822 e. The summed E-state index contributed by atoms with van der Waals surface area (Å²) in [6.45, 7) is 4.39. The topological polar surface area (TPSA) is 21.3 Å². The lowest BCUT2D eigenvalue weighted by molar-refractivity contribution is 0.104. The second kappa shape index (κ2) is 3.33. The van der Waals surface area contributed by atoms with E-state index in [9.17, 15) is 0 Å². The average molecular weight is 173 g/mol. The van der Waals surface area contributed by atoms with Gasteiger partial charge in [0.25, 0.3) is 0 Å². The highest BCUT2D eigenvalue weighted by Crippen LogP contribution is 2.29. The Hall–Kier alpha value is 0.270. The molecule has 0 aromatic rings. The zero-order chi connectivity index (χ0) is 7.68. The van der Waals surface area contributed by atoms with Gasteiger partial charge in [-0.2, -0.15) is 0 Å². The van der Waals surface area contributed by atoms with E-state index in [-0.39, 0.29) is 0 Å². The van der Waals surface area contributed by atoms with Gasteiger partial charge in [-0.15, -0.1) is 11.8 Å². The van der Waals surface area contributed by atoms with Crippen LogP contribution in [0, 0.1) is 0 Å². The van der Waals surface area contributed by atoms with Crippen LogP contribution in [-0.4, -0.2) is 29.9 Å². The van der Waals surface area contributed by atoms with Crippen LogP contribution in [0.4, 0.5) is 0 Å². The molecule has 0 radical (unpaired) electrons. The minimum Gasteiger partial charge on any atom is -0.376 e. The highest BCUT2D eigenvalue weighted by Gasteiger charge is 2.31. The van der Waals surface area contributed by atoms with Gasteiger partial charge in [0.2, 0.25) is 0 Å². The molecular formula is C8H15NOS. The lowest BCUT2D eigenvalue weighted by atomic mass is 10.2. The number of hydrogen-bond acceptors (Lipinski definition) is 3. The Morgan fingerprint density at radius 3 is 3.00 bits per heavy atom. The Kier molecular flexibility index (Phi) is 2.39. The van der Waals surface area contributed by atoms with Crippen molar-refractivity contribution in [3.05, 3.63) is 0 Å². The largest absolute Gasteiger partial charge is 0.376 e. The Morgan fingerprint density at radius 1 is 1.55 bits per heavy atom. The van der Waals surface area contributed by atoms with Crippen LogP contribution in [0.15, 0.2) is 0 Å². The van der Waals surface area contributed by atoms with Gasteiger partial charge < -0.3 is 10.1 Å². The zero-order valence-corrected chi connectivity index (χ0v) is 7.69. The van der Waals surface area contributed by atoms with E-state index >= 15 is 0 Å². The van der Waals surface area contributed by atoms with Gasteiger partial charge in [0.1, 0.15) is 0 Å². The molecule has 2 rings (SSSR count). The molecule has 1 N–H and O–H groups in total. The van der Waals surface area contributed by atoms with Crippen LogP contribution < -0.4 is 5.32 Å². The Morgan fingerprint density at radius 2 is 2.45 bits per heavy atom. The Labute approximate surface area is 72.1 Å². The van der Waals surface area contributed by atoms with E-state index in [0.29, 0.717) is 11.5 Å². The molecule has 2 nitrogen and oxygen atoms in total. The summed E-state index contributed by atoms with van der Waals surface area (Å²) in [5.41, 5.74) is 0. The van der Waals surface area contributed by atoms with Gasteiger partial charge in [-0.05, 0) is 12.8 Å². The van der Waals surface area contributed by atoms with Crippen molar-refractivity contribution in [2.75, 3.05) is 13.2 Å². The molecule has 0 amide bonds. The third-order valence-electron chi connectivity index (χ3n) is 2.29. The van der Waals surface area contributed by atoms with Crippen LogP contribution in [0.5, 0.6) is 0 Å². The third kappa shape index (κ3) is 1.71. The standard InChI is InChI=1S/C8H15NOS/c1-6-5-9-8(11-6)7-3-2-4-10-7/h6-9H,2-5H2,1H3. The Balaban J connectivity index is 1.85. The maximum absolute atomic E-state index is 5.60. The molecule has 3 atom stereocenters. The molecule has 2 fully saturated rings. The lowest BCUT2D eigenvalue weighted by Crippen LogP contribution is -2.32. The molecule has 2 heterocycles. The van der Waals surface area contributed by atoms with Crippen molar-refractivity contribution in [1.29, 1.82) is 0 Å². The van der Waals surface area contributed by atoms with E-state index in [0.717, 1.165) is 18.4 Å². The monoisotopic (exact) mass is 173 g/mol. The van der Waals surface area contributed by atoms with E-state index in [4.69, 9.17) is 4.74 Å². The average Bonchev–Trinajstić information content (AvgIpc) is 2.55. The van der Waals surface area contributed by atoms with E-state index in [1.54, 1.807) is 0 Å². The van der Waals surface area contributed by atoms with E-state index in [1.165, 1.54) is 12.8 Å². The van der Waals surface area contributed by atoms with Gasteiger partial charge in [0.05, 0.1) is 11.5 Å². The maximum atomic E-state index is 5.60. The number of hydrogen-bond donors (Lipinski definition) is 1. The van der Waals surface area contributed by atoms with Crippen molar-refractivity contribution in [1.82, 2.24) is 5.32 Å². The second-order valence-corrected chi connectivity index (χ2v) is 4.91. The number of ether oxygens (including phenoxy) is 1. The first kappa shape index (κ1) is 7.90. The first-order valence-electron chi connectivity index (χ1n) is 4.37. The van der Waals surface area contributed by atoms with Crippen LogP contribution in [-0.2, 0) is 4.74 Å². The summed E-state index contributed by atoms with van der Waals surface area (Å²) in [4.78, 5) is 0. The predicted molar refractivity (Wildman–Crippen MR) is 47.8 cm³/mol. The number of rotatable bonds is 1. The molecule has 64 valence electrons. The van der Waals surface area contributed by atoms with E-state index in [2.05, 4.69) is 12.2 Å². The molecular weight excluding hydrogens is 158 g/mol. The van der Waals surface area contributed by atoms with Crippen molar-refractivity contribution in [3.8, 4) is 0 Å². The van der Waals surface area contributed by atoms with Crippen LogP contribution in [0.3, 0.4) is 0 Å². The van der Waals surface area contributed by atoms with Crippen molar-refractivity contribution in [2.24, 2.45) is 0 Å². The van der Waals surface area contributed by atoms with Crippen LogP contribution in [0.25, 0.3) is 0 Å². The van der Waals surface area contributed by atoms with Crippen LogP contribution in [0.2, 0.25) is 0 Å². The summed E-state index contributed by atoms with van der Waals surface area (Å²) in [5, 5.41) is 4.83. The molecule has 2 aliphatic heterocycles. The van der Waals surface area contributed by atoms with Crippen molar-refractivity contribution < 1.29 is 4.74 Å². The second-order valence-electron chi connectivity index (χ2n) is 3.33. The fourth-order valence-corrected chi connectivity index (χ4v) is 2.96. The molecule has 2 aliphatic rings. The molecule has 0 bridgehead atoms. The van der Waals surface area contributed by atoms with Gasteiger partial charge in [0.15, 0.2) is 0 Å². The van der Waals surface area contributed by atoms with Crippen molar-refractivity contribution in [2.45, 2.75) is 36.5 Å². The van der Waals surface area contributed by atoms with Crippen molar-refractivity contribution >= 4 is 11.8 Å². The number of nitrogens with one attached hydrogen (secondary N) is 1. The SMILES string of the molecule is CC1CNC(C2CCCO2)S1. The van der Waals surface area contributed by atoms with E-state index in [1.807, 2.05) is 11.8 Å². The summed E-state index contributed by atoms with van der Waals surface area (Å²) in [7, 11) is 0. The summed E-state index contributed by atoms with van der Waals surface area (Å²) in [5.74, 6) is 0. The van der Waals surface area contributed by atoms with Gasteiger partial charge in [-0.3, -0.25) is 0 Å². The summed E-state index contributed by atoms with van der Waals surface area (Å²) in [6.07, 6.45) is 2.99. The molecule has 0 spiro atoms. The molecule has 3 unspecified atom stereocenters. The molecule has 3 heteroatoms. The highest BCUT2D eigenvalue weighted by atomic mass is 32.2. The molecule has 0 aliphatic carbocycles. The van der Waals surface area contributed by atoms with Crippen LogP contribution in [0.1, 0.15) is 19.8 Å². The van der Waals surface area contributed by atoms with Gasteiger partial charge in [0, 0.05) is 18.4 Å². The van der Waals surface area contributed by atoms with Crippen LogP contribution >= 0.6 is 11.8 Å². The zero-order valence-electron chi connectivity index (χ0n) is 6.88. The van der Waals surface area contributed by atoms with E-state index < -0.39 is 0 Å². The minimum absolute atomic E-state index is 0.491. The fourth-order valence-electron chi connectivity index (χ4n) is 1.69. The molecule has 0 saturated carbocycles. The molecule has 0 aromatic heterocycles. The summed E-state index contributed by atoms with van der Waals surface area (Å²) < 4.78 is 5.60. The smallest absolute Gasteiger partial charge is 0.0822 e. The first-order valence-corrected chi connectivity index (χ1v) is 5.31. The molecule has 0 aromatic carbocycles. The van der Waals surface area contributed by atoms with Crippen molar-refractivity contribution in [3.63, 3.8) is 0 Å². The lowest BCUT2D eigenvalue weighted by Gasteiger charge is -2.16. The molecule has 11 heavy (non-hydrogen) atoms. The van der Waals surface area contributed by atoms with Gasteiger partial charge in [-0.25, -0.2) is 0 Å². The number of thioether (sulfide) groups is 1. The third-order valence-corrected chi connectivity index (χ3v) is 3.68. The fraction of sp³-hybridized carbons (Fsp3) is 1.00. The van der Waals surface area contributed by atoms with Gasteiger partial charge in [-0.1, -0.05) is 6.92 Å². The predicted octanol–water partition coefficient (Wildman–Crippen LogP) is 1.22. The quantitative estimate of drug-likeness (QED) is 0.644. The summed E-state index contributed by atoms with van der Waals surface area (Å²) in [6, 6.07) is 0. The molecule has 2 saturated heterocycles. The minimum atomic E-state index is 0.491. The van der Waals surface area contributed by atoms with Gasteiger partial charge >= 0.3 is 0 Å². The first-order chi connectivity index (χ1) is 5.36. The normalized spacial score (nSPS) is 45.0. The highest BCUT2D eigenvalue weighted by molar-refractivity contribution is 8.00.